The average Bonchev–Trinajstić information content (AvgIpc) is 2.17. The highest BCUT2D eigenvalue weighted by Gasteiger charge is 2.11. The Morgan fingerprint density at radius 2 is 2.20 bits per heavy atom. The molecule has 0 amide bonds. The summed E-state index contributed by atoms with van der Waals surface area (Å²) in [6, 6.07) is 4.65. The second kappa shape index (κ2) is 5.79. The van der Waals surface area contributed by atoms with Gasteiger partial charge < -0.3 is 4.74 Å². The van der Waals surface area contributed by atoms with Gasteiger partial charge in [0.15, 0.2) is 0 Å². The van der Waals surface area contributed by atoms with Gasteiger partial charge in [0.2, 0.25) is 0 Å². The van der Waals surface area contributed by atoms with Crippen molar-refractivity contribution in [3.05, 3.63) is 46.0 Å². The summed E-state index contributed by atoms with van der Waals surface area (Å²) in [4.78, 5) is 11.5. The van der Waals surface area contributed by atoms with Crippen LogP contribution in [0.25, 0.3) is 0 Å². The summed E-state index contributed by atoms with van der Waals surface area (Å²) >= 11 is 11.5. The Kier molecular flexibility index (Phi) is 4.66. The van der Waals surface area contributed by atoms with E-state index in [2.05, 4.69) is 0 Å². The summed E-state index contributed by atoms with van der Waals surface area (Å²) in [5.41, 5.74) is 0.325. The number of carbonyl (C=O) groups excluding carboxylic acids is 1. The standard InChI is InChI=1S/C11H10Cl2O2/c1-2-3-6-15-11(14)9-5-4-8(12)7-10(9)13/h2-5,7H,6H2,1H3. The zero-order valence-corrected chi connectivity index (χ0v) is 9.68. The summed E-state index contributed by atoms with van der Waals surface area (Å²) < 4.78 is 4.94. The lowest BCUT2D eigenvalue weighted by atomic mass is 10.2. The Morgan fingerprint density at radius 3 is 2.80 bits per heavy atom. The number of carbonyl (C=O) groups is 1. The van der Waals surface area contributed by atoms with Gasteiger partial charge in [-0.15, -0.1) is 0 Å². The normalized spacial score (nSPS) is 10.6. The number of hydrogen-bond acceptors (Lipinski definition) is 2. The van der Waals surface area contributed by atoms with Gasteiger partial charge in [0.25, 0.3) is 0 Å². The van der Waals surface area contributed by atoms with E-state index in [1.54, 1.807) is 24.3 Å². The summed E-state index contributed by atoms with van der Waals surface area (Å²) in [5, 5.41) is 0.790. The fraction of sp³-hybridized carbons (Fsp3) is 0.182. The summed E-state index contributed by atoms with van der Waals surface area (Å²) in [7, 11) is 0. The first-order valence-corrected chi connectivity index (χ1v) is 5.14. The molecule has 0 saturated carbocycles. The first-order valence-electron chi connectivity index (χ1n) is 4.38. The van der Waals surface area contributed by atoms with Crippen LogP contribution in [0.1, 0.15) is 17.3 Å². The molecule has 0 aromatic heterocycles. The molecule has 1 aromatic carbocycles. The Hall–Kier alpha value is -0.990. The zero-order chi connectivity index (χ0) is 11.3. The number of ether oxygens (including phenoxy) is 1. The fourth-order valence-corrected chi connectivity index (χ4v) is 1.44. The lowest BCUT2D eigenvalue weighted by Gasteiger charge is -2.03. The smallest absolute Gasteiger partial charge is 0.339 e. The van der Waals surface area contributed by atoms with E-state index in [0.717, 1.165) is 0 Å². The predicted molar refractivity (Wildman–Crippen MR) is 61.6 cm³/mol. The number of halogens is 2. The van der Waals surface area contributed by atoms with Gasteiger partial charge in [-0.25, -0.2) is 4.79 Å². The minimum atomic E-state index is -0.449. The number of esters is 1. The van der Waals surface area contributed by atoms with Crippen molar-refractivity contribution < 1.29 is 9.53 Å². The predicted octanol–water partition coefficient (Wildman–Crippen LogP) is 3.73. The van der Waals surface area contributed by atoms with Crippen LogP contribution in [0.4, 0.5) is 0 Å². The third-order valence-corrected chi connectivity index (χ3v) is 2.25. The fourth-order valence-electron chi connectivity index (χ4n) is 0.953. The summed E-state index contributed by atoms with van der Waals surface area (Å²) in [5.74, 6) is -0.449. The molecule has 0 aliphatic heterocycles. The number of benzene rings is 1. The maximum Gasteiger partial charge on any atom is 0.339 e. The van der Waals surface area contributed by atoms with Crippen LogP contribution in [-0.4, -0.2) is 12.6 Å². The minimum Gasteiger partial charge on any atom is -0.458 e. The van der Waals surface area contributed by atoms with Crippen molar-refractivity contribution >= 4 is 29.2 Å². The van der Waals surface area contributed by atoms with E-state index in [-0.39, 0.29) is 6.61 Å². The van der Waals surface area contributed by atoms with Gasteiger partial charge in [-0.1, -0.05) is 35.4 Å². The van der Waals surface area contributed by atoms with E-state index < -0.39 is 5.97 Å². The molecule has 4 heteroatoms. The Labute approximate surface area is 98.4 Å². The molecule has 1 rings (SSSR count). The number of allylic oxidation sites excluding steroid dienone is 1. The maximum atomic E-state index is 11.5. The second-order valence-electron chi connectivity index (χ2n) is 2.79. The van der Waals surface area contributed by atoms with E-state index in [4.69, 9.17) is 27.9 Å². The van der Waals surface area contributed by atoms with Crippen molar-refractivity contribution in [1.29, 1.82) is 0 Å². The molecule has 0 spiro atoms. The van der Waals surface area contributed by atoms with Gasteiger partial charge in [0.05, 0.1) is 10.6 Å². The minimum absolute atomic E-state index is 0.244. The van der Waals surface area contributed by atoms with Crippen LogP contribution in [0.15, 0.2) is 30.4 Å². The third-order valence-electron chi connectivity index (χ3n) is 1.70. The average molecular weight is 245 g/mol. The van der Waals surface area contributed by atoms with Crippen LogP contribution >= 0.6 is 23.2 Å². The Balaban J connectivity index is 2.73. The topological polar surface area (TPSA) is 26.3 Å². The van der Waals surface area contributed by atoms with Crippen molar-refractivity contribution in [2.24, 2.45) is 0 Å². The van der Waals surface area contributed by atoms with Crippen molar-refractivity contribution in [2.45, 2.75) is 6.92 Å². The highest BCUT2D eigenvalue weighted by atomic mass is 35.5. The van der Waals surface area contributed by atoms with Crippen LogP contribution < -0.4 is 0 Å². The highest BCUT2D eigenvalue weighted by Crippen LogP contribution is 2.21. The van der Waals surface area contributed by atoms with Gasteiger partial charge in [0.1, 0.15) is 6.61 Å². The van der Waals surface area contributed by atoms with Crippen LogP contribution in [0.3, 0.4) is 0 Å². The number of rotatable bonds is 3. The van der Waals surface area contributed by atoms with E-state index in [1.165, 1.54) is 6.07 Å². The molecular weight excluding hydrogens is 235 g/mol. The lowest BCUT2D eigenvalue weighted by molar-refractivity contribution is 0.0549. The van der Waals surface area contributed by atoms with Crippen molar-refractivity contribution in [3.8, 4) is 0 Å². The molecule has 0 N–H and O–H groups in total. The Morgan fingerprint density at radius 1 is 1.47 bits per heavy atom. The molecule has 0 aliphatic rings. The van der Waals surface area contributed by atoms with E-state index >= 15 is 0 Å². The number of hydrogen-bond donors (Lipinski definition) is 0. The van der Waals surface area contributed by atoms with Crippen molar-refractivity contribution in [1.82, 2.24) is 0 Å². The highest BCUT2D eigenvalue weighted by molar-refractivity contribution is 6.36. The lowest BCUT2D eigenvalue weighted by Crippen LogP contribution is -2.05. The molecular formula is C11H10Cl2O2. The third kappa shape index (κ3) is 3.57. The molecule has 1 aromatic rings. The quantitative estimate of drug-likeness (QED) is 0.599. The van der Waals surface area contributed by atoms with Gasteiger partial charge in [-0.2, -0.15) is 0 Å². The SMILES string of the molecule is CC=CCOC(=O)c1ccc(Cl)cc1Cl. The van der Waals surface area contributed by atoms with E-state index in [1.807, 2.05) is 6.92 Å². The molecule has 2 nitrogen and oxygen atoms in total. The van der Waals surface area contributed by atoms with Gasteiger partial charge in [-0.05, 0) is 25.1 Å². The second-order valence-corrected chi connectivity index (χ2v) is 3.64. The van der Waals surface area contributed by atoms with Crippen molar-refractivity contribution in [3.63, 3.8) is 0 Å². The summed E-state index contributed by atoms with van der Waals surface area (Å²) in [6.07, 6.45) is 3.54. The molecule has 0 fully saturated rings. The molecule has 0 saturated heterocycles. The van der Waals surface area contributed by atoms with Crippen LogP contribution in [0, 0.1) is 0 Å². The summed E-state index contributed by atoms with van der Waals surface area (Å²) in [6.45, 7) is 2.09. The largest absolute Gasteiger partial charge is 0.458 e. The van der Waals surface area contributed by atoms with Crippen molar-refractivity contribution in [2.75, 3.05) is 6.61 Å². The monoisotopic (exact) mass is 244 g/mol. The van der Waals surface area contributed by atoms with E-state index in [0.29, 0.717) is 15.6 Å². The Bertz CT molecular complexity index is 386. The zero-order valence-electron chi connectivity index (χ0n) is 8.17. The molecule has 0 aliphatic carbocycles. The van der Waals surface area contributed by atoms with Gasteiger partial charge >= 0.3 is 5.97 Å². The molecule has 0 heterocycles. The van der Waals surface area contributed by atoms with Crippen LogP contribution in [-0.2, 0) is 4.74 Å². The van der Waals surface area contributed by atoms with Crippen LogP contribution in [0.2, 0.25) is 10.0 Å². The molecule has 0 bridgehead atoms. The first-order chi connectivity index (χ1) is 7.15. The molecule has 0 radical (unpaired) electrons. The van der Waals surface area contributed by atoms with E-state index in [9.17, 15) is 4.79 Å². The maximum absolute atomic E-state index is 11.5. The molecule has 0 unspecified atom stereocenters. The molecule has 0 atom stereocenters. The van der Waals surface area contributed by atoms with Gasteiger partial charge in [0, 0.05) is 5.02 Å². The van der Waals surface area contributed by atoms with Crippen LogP contribution in [0.5, 0.6) is 0 Å². The van der Waals surface area contributed by atoms with Gasteiger partial charge in [-0.3, -0.25) is 0 Å². The molecule has 15 heavy (non-hydrogen) atoms. The first kappa shape index (κ1) is 12.1. The molecule has 80 valence electrons.